The van der Waals surface area contributed by atoms with Crippen molar-refractivity contribution in [2.24, 2.45) is 0 Å². The van der Waals surface area contributed by atoms with E-state index >= 15 is 0 Å². The number of rotatable bonds is 5. The predicted octanol–water partition coefficient (Wildman–Crippen LogP) is 2.58. The van der Waals surface area contributed by atoms with Crippen LogP contribution in [0.25, 0.3) is 0 Å². The second-order valence-corrected chi connectivity index (χ2v) is 5.52. The van der Waals surface area contributed by atoms with Gasteiger partial charge in [-0.3, -0.25) is 4.79 Å². The van der Waals surface area contributed by atoms with Gasteiger partial charge in [-0.2, -0.15) is 0 Å². The van der Waals surface area contributed by atoms with Gasteiger partial charge in [-0.1, -0.05) is 46.3 Å². The van der Waals surface area contributed by atoms with E-state index in [1.54, 1.807) is 20.8 Å². The summed E-state index contributed by atoms with van der Waals surface area (Å²) in [4.78, 5) is 23.3. The molecule has 1 aromatic rings. The van der Waals surface area contributed by atoms with Crippen LogP contribution >= 0.6 is 15.9 Å². The standard InChI is InChI=1S/C14H18BrNO3/c1-4-19-13(18)14(2,3)16-12(17)11(15)10-8-6-5-7-9-10/h5-9,11H,4H2,1-3H3,(H,16,17). The van der Waals surface area contributed by atoms with Crippen molar-refractivity contribution in [2.75, 3.05) is 6.61 Å². The number of hydrogen-bond donors (Lipinski definition) is 1. The van der Waals surface area contributed by atoms with Gasteiger partial charge in [0.25, 0.3) is 0 Å². The largest absolute Gasteiger partial charge is 0.464 e. The first-order valence-corrected chi connectivity index (χ1v) is 6.98. The molecular weight excluding hydrogens is 310 g/mol. The van der Waals surface area contributed by atoms with Gasteiger partial charge in [-0.05, 0) is 26.3 Å². The van der Waals surface area contributed by atoms with E-state index < -0.39 is 16.3 Å². The Morgan fingerprint density at radius 3 is 2.42 bits per heavy atom. The Morgan fingerprint density at radius 1 is 1.32 bits per heavy atom. The first-order valence-electron chi connectivity index (χ1n) is 6.06. The third kappa shape index (κ3) is 4.35. The molecule has 0 bridgehead atoms. The molecule has 19 heavy (non-hydrogen) atoms. The number of alkyl halides is 1. The van der Waals surface area contributed by atoms with Crippen LogP contribution in [-0.2, 0) is 14.3 Å². The molecular formula is C14H18BrNO3. The van der Waals surface area contributed by atoms with Crippen molar-refractivity contribution >= 4 is 27.8 Å². The summed E-state index contributed by atoms with van der Waals surface area (Å²) in [6.45, 7) is 5.25. The number of ether oxygens (including phenoxy) is 1. The second-order valence-electron chi connectivity index (χ2n) is 4.61. The lowest BCUT2D eigenvalue weighted by Crippen LogP contribution is -2.51. The van der Waals surface area contributed by atoms with Crippen molar-refractivity contribution in [3.05, 3.63) is 35.9 Å². The summed E-state index contributed by atoms with van der Waals surface area (Å²) >= 11 is 3.33. The number of hydrogen-bond acceptors (Lipinski definition) is 3. The quantitative estimate of drug-likeness (QED) is 0.668. The molecule has 0 spiro atoms. The normalized spacial score (nSPS) is 12.6. The van der Waals surface area contributed by atoms with Crippen LogP contribution in [0, 0.1) is 0 Å². The fourth-order valence-corrected chi connectivity index (χ4v) is 1.93. The smallest absolute Gasteiger partial charge is 0.331 e. The van der Waals surface area contributed by atoms with E-state index in [1.807, 2.05) is 30.3 Å². The molecule has 1 rings (SSSR count). The monoisotopic (exact) mass is 327 g/mol. The van der Waals surface area contributed by atoms with Crippen molar-refractivity contribution in [1.82, 2.24) is 5.32 Å². The van der Waals surface area contributed by atoms with E-state index in [2.05, 4.69) is 21.2 Å². The van der Waals surface area contributed by atoms with E-state index in [4.69, 9.17) is 4.74 Å². The Labute approximate surface area is 121 Å². The Morgan fingerprint density at radius 2 is 1.89 bits per heavy atom. The van der Waals surface area contributed by atoms with Gasteiger partial charge in [0.1, 0.15) is 10.4 Å². The zero-order valence-electron chi connectivity index (χ0n) is 11.3. The first kappa shape index (κ1) is 15.7. The van der Waals surface area contributed by atoms with E-state index in [9.17, 15) is 9.59 Å². The van der Waals surface area contributed by atoms with Crippen LogP contribution in [0.1, 0.15) is 31.2 Å². The van der Waals surface area contributed by atoms with Crippen LogP contribution in [0.3, 0.4) is 0 Å². The van der Waals surface area contributed by atoms with Crippen LogP contribution in [0.15, 0.2) is 30.3 Å². The fraction of sp³-hybridized carbons (Fsp3) is 0.429. The fourth-order valence-electron chi connectivity index (χ4n) is 1.51. The lowest BCUT2D eigenvalue weighted by atomic mass is 10.0. The van der Waals surface area contributed by atoms with E-state index in [0.717, 1.165) is 5.56 Å². The molecule has 5 heteroatoms. The summed E-state index contributed by atoms with van der Waals surface area (Å²) in [6, 6.07) is 9.27. The highest BCUT2D eigenvalue weighted by Gasteiger charge is 2.33. The molecule has 104 valence electrons. The molecule has 0 aromatic heterocycles. The molecule has 0 fully saturated rings. The number of amides is 1. The molecule has 0 aliphatic rings. The zero-order chi connectivity index (χ0) is 14.5. The summed E-state index contributed by atoms with van der Waals surface area (Å²) in [7, 11) is 0. The van der Waals surface area contributed by atoms with Crippen molar-refractivity contribution < 1.29 is 14.3 Å². The van der Waals surface area contributed by atoms with Gasteiger partial charge in [-0.15, -0.1) is 0 Å². The number of esters is 1. The van der Waals surface area contributed by atoms with Crippen LogP contribution in [0.2, 0.25) is 0 Å². The minimum Gasteiger partial charge on any atom is -0.464 e. The van der Waals surface area contributed by atoms with Gasteiger partial charge in [0, 0.05) is 0 Å². The highest BCUT2D eigenvalue weighted by molar-refractivity contribution is 9.09. The maximum atomic E-state index is 12.1. The maximum Gasteiger partial charge on any atom is 0.331 e. The molecule has 1 atom stereocenters. The molecule has 1 unspecified atom stereocenters. The number of carbonyl (C=O) groups is 2. The van der Waals surface area contributed by atoms with Gasteiger partial charge >= 0.3 is 5.97 Å². The van der Waals surface area contributed by atoms with Crippen LogP contribution in [-0.4, -0.2) is 24.0 Å². The zero-order valence-corrected chi connectivity index (χ0v) is 12.9. The Hall–Kier alpha value is -1.36. The SMILES string of the molecule is CCOC(=O)C(C)(C)NC(=O)C(Br)c1ccccc1. The van der Waals surface area contributed by atoms with E-state index in [-0.39, 0.29) is 12.5 Å². The molecule has 1 N–H and O–H groups in total. The number of benzene rings is 1. The Bertz CT molecular complexity index is 445. The van der Waals surface area contributed by atoms with Gasteiger partial charge in [-0.25, -0.2) is 4.79 Å². The number of nitrogens with one attached hydrogen (secondary N) is 1. The Kier molecular flexibility index (Phi) is 5.54. The molecule has 0 radical (unpaired) electrons. The molecule has 0 saturated heterocycles. The summed E-state index contributed by atoms with van der Waals surface area (Å²) in [5.41, 5.74) is -0.215. The van der Waals surface area contributed by atoms with Crippen molar-refractivity contribution in [3.8, 4) is 0 Å². The highest BCUT2D eigenvalue weighted by Crippen LogP contribution is 2.23. The lowest BCUT2D eigenvalue weighted by molar-refractivity contribution is -0.151. The van der Waals surface area contributed by atoms with Crippen LogP contribution in [0.5, 0.6) is 0 Å². The van der Waals surface area contributed by atoms with Crippen LogP contribution in [0.4, 0.5) is 0 Å². The summed E-state index contributed by atoms with van der Waals surface area (Å²) in [6.07, 6.45) is 0. The third-order valence-electron chi connectivity index (χ3n) is 2.54. The van der Waals surface area contributed by atoms with Gasteiger partial charge < -0.3 is 10.1 Å². The second kappa shape index (κ2) is 6.70. The number of carbonyl (C=O) groups excluding carboxylic acids is 2. The summed E-state index contributed by atoms with van der Waals surface area (Å²) in [5, 5.41) is 2.68. The topological polar surface area (TPSA) is 55.4 Å². The lowest BCUT2D eigenvalue weighted by Gasteiger charge is -2.25. The van der Waals surface area contributed by atoms with Crippen molar-refractivity contribution in [3.63, 3.8) is 0 Å². The predicted molar refractivity (Wildman–Crippen MR) is 77.0 cm³/mol. The maximum absolute atomic E-state index is 12.1. The number of halogens is 1. The first-order chi connectivity index (χ1) is 8.88. The van der Waals surface area contributed by atoms with Crippen LogP contribution < -0.4 is 5.32 Å². The van der Waals surface area contributed by atoms with Gasteiger partial charge in [0.15, 0.2) is 0 Å². The molecule has 1 amide bonds. The average molecular weight is 328 g/mol. The minimum atomic E-state index is -1.05. The highest BCUT2D eigenvalue weighted by atomic mass is 79.9. The molecule has 0 aliphatic carbocycles. The summed E-state index contributed by atoms with van der Waals surface area (Å²) in [5.74, 6) is -0.722. The van der Waals surface area contributed by atoms with Crippen molar-refractivity contribution in [1.29, 1.82) is 0 Å². The van der Waals surface area contributed by atoms with Gasteiger partial charge in [0.2, 0.25) is 5.91 Å². The van der Waals surface area contributed by atoms with E-state index in [1.165, 1.54) is 0 Å². The molecule has 0 saturated carbocycles. The average Bonchev–Trinajstić information content (AvgIpc) is 2.38. The molecule has 1 aromatic carbocycles. The molecule has 4 nitrogen and oxygen atoms in total. The third-order valence-corrected chi connectivity index (χ3v) is 3.49. The summed E-state index contributed by atoms with van der Waals surface area (Å²) < 4.78 is 4.92. The Balaban J connectivity index is 2.72. The van der Waals surface area contributed by atoms with Gasteiger partial charge in [0.05, 0.1) is 6.61 Å². The minimum absolute atomic E-state index is 0.274. The molecule has 0 aliphatic heterocycles. The van der Waals surface area contributed by atoms with Crippen molar-refractivity contribution in [2.45, 2.75) is 31.1 Å². The van der Waals surface area contributed by atoms with E-state index in [0.29, 0.717) is 0 Å². The molecule has 0 heterocycles.